The number of rotatable bonds is 4. The fraction of sp³-hybridized carbons (Fsp3) is 0.0909. The second-order valence-electron chi connectivity index (χ2n) is 2.89. The van der Waals surface area contributed by atoms with Gasteiger partial charge in [-0.15, -0.1) is 0 Å². The van der Waals surface area contributed by atoms with E-state index in [9.17, 15) is 9.59 Å². The summed E-state index contributed by atoms with van der Waals surface area (Å²) in [5.74, 6) is -0.160. The number of likely N-dealkylation sites (N-methyl/N-ethyl adjacent to an activating group) is 1. The zero-order valence-corrected chi connectivity index (χ0v) is 9.45. The minimum absolute atomic E-state index is 0.154. The molecule has 5 heteroatoms. The molecule has 0 atom stereocenters. The molecule has 0 aromatic heterocycles. The molecular formula is C11H11NO3S. The van der Waals surface area contributed by atoms with Crippen LogP contribution in [-0.2, 0) is 9.59 Å². The van der Waals surface area contributed by atoms with E-state index < -0.39 is 0 Å². The highest BCUT2D eigenvalue weighted by Gasteiger charge is 2.07. The second kappa shape index (κ2) is 5.97. The summed E-state index contributed by atoms with van der Waals surface area (Å²) < 4.78 is 0. The van der Waals surface area contributed by atoms with Gasteiger partial charge in [0.15, 0.2) is 5.62 Å². The van der Waals surface area contributed by atoms with Gasteiger partial charge in [-0.25, -0.2) is 0 Å². The summed E-state index contributed by atoms with van der Waals surface area (Å²) in [6, 6.07) is 6.34. The van der Waals surface area contributed by atoms with Gasteiger partial charge in [0, 0.05) is 7.05 Å². The van der Waals surface area contributed by atoms with Crippen LogP contribution in [0.2, 0.25) is 0 Å². The first-order valence-corrected chi connectivity index (χ1v) is 5.38. The van der Waals surface area contributed by atoms with Crippen molar-refractivity contribution in [2.24, 2.45) is 0 Å². The molecule has 16 heavy (non-hydrogen) atoms. The molecule has 0 aliphatic rings. The number of hydrogen-bond donors (Lipinski definition) is 2. The van der Waals surface area contributed by atoms with Crippen LogP contribution in [0, 0.1) is 0 Å². The lowest BCUT2D eigenvalue weighted by Crippen LogP contribution is -2.18. The van der Waals surface area contributed by atoms with E-state index in [0.717, 1.165) is 17.3 Å². The van der Waals surface area contributed by atoms with Crippen LogP contribution < -0.4 is 5.32 Å². The lowest BCUT2D eigenvalue weighted by molar-refractivity contribution is -0.116. The summed E-state index contributed by atoms with van der Waals surface area (Å²) in [6.45, 7) is 0. The molecule has 4 nitrogen and oxygen atoms in total. The number of carbonyl (C=O) groups excluding carboxylic acids is 2. The summed E-state index contributed by atoms with van der Waals surface area (Å²) >= 11 is 0.814. The van der Waals surface area contributed by atoms with Gasteiger partial charge in [-0.2, -0.15) is 0 Å². The Morgan fingerprint density at radius 3 is 2.50 bits per heavy atom. The molecule has 2 N–H and O–H groups in total. The summed E-state index contributed by atoms with van der Waals surface area (Å²) in [6.07, 6.45) is 1.58. The van der Waals surface area contributed by atoms with Gasteiger partial charge in [-0.05, 0) is 35.5 Å². The van der Waals surface area contributed by atoms with Crippen molar-refractivity contribution in [2.75, 3.05) is 7.05 Å². The average molecular weight is 237 g/mol. The predicted molar refractivity (Wildman–Crippen MR) is 64.5 cm³/mol. The van der Waals surface area contributed by atoms with Gasteiger partial charge >= 0.3 is 0 Å². The molecule has 0 aliphatic heterocycles. The van der Waals surface area contributed by atoms with Gasteiger partial charge in [-0.1, -0.05) is 12.1 Å². The number of thioether (sulfide) groups is 1. The molecule has 0 radical (unpaired) electrons. The first kappa shape index (κ1) is 12.3. The summed E-state index contributed by atoms with van der Waals surface area (Å²) in [4.78, 5) is 22.1. The number of phenolic OH excluding ortho intramolecular Hbond substituents is 1. The maximum Gasteiger partial charge on any atom is 0.257 e. The van der Waals surface area contributed by atoms with E-state index in [-0.39, 0.29) is 11.7 Å². The minimum atomic E-state index is -0.315. The Balaban J connectivity index is 2.96. The Morgan fingerprint density at radius 2 is 2.00 bits per heavy atom. The number of benzene rings is 1. The van der Waals surface area contributed by atoms with E-state index in [1.165, 1.54) is 19.2 Å². The monoisotopic (exact) mass is 237 g/mol. The van der Waals surface area contributed by atoms with E-state index >= 15 is 0 Å². The molecule has 0 fully saturated rings. The Bertz CT molecular complexity index is 412. The van der Waals surface area contributed by atoms with Crippen molar-refractivity contribution in [2.45, 2.75) is 0 Å². The predicted octanol–water partition coefficient (Wildman–Crippen LogP) is 1.40. The van der Waals surface area contributed by atoms with Gasteiger partial charge in [0.1, 0.15) is 5.75 Å². The lowest BCUT2D eigenvalue weighted by atomic mass is 10.2. The summed E-state index contributed by atoms with van der Waals surface area (Å²) in [5.41, 5.74) is 1.34. The minimum Gasteiger partial charge on any atom is -0.508 e. The lowest BCUT2D eigenvalue weighted by Gasteiger charge is -2.01. The van der Waals surface area contributed by atoms with Gasteiger partial charge < -0.3 is 10.4 Å². The summed E-state index contributed by atoms with van der Waals surface area (Å²) in [7, 11) is 1.50. The van der Waals surface area contributed by atoms with Crippen molar-refractivity contribution in [1.82, 2.24) is 5.32 Å². The number of carbonyl (C=O) groups is 2. The fourth-order valence-electron chi connectivity index (χ4n) is 1.05. The van der Waals surface area contributed by atoms with E-state index in [1.54, 1.807) is 18.2 Å². The molecule has 0 spiro atoms. The highest BCUT2D eigenvalue weighted by molar-refractivity contribution is 8.16. The molecule has 1 aromatic carbocycles. The highest BCUT2D eigenvalue weighted by Crippen LogP contribution is 2.18. The largest absolute Gasteiger partial charge is 0.508 e. The van der Waals surface area contributed by atoms with Crippen molar-refractivity contribution in [3.05, 3.63) is 34.7 Å². The average Bonchev–Trinajstić information content (AvgIpc) is 2.30. The Labute approximate surface area is 97.4 Å². The Hall–Kier alpha value is -1.75. The van der Waals surface area contributed by atoms with Crippen LogP contribution in [0.1, 0.15) is 5.56 Å². The maximum atomic E-state index is 11.4. The number of amides is 1. The zero-order chi connectivity index (χ0) is 12.0. The molecule has 84 valence electrons. The van der Waals surface area contributed by atoms with E-state index in [4.69, 9.17) is 5.11 Å². The van der Waals surface area contributed by atoms with Gasteiger partial charge in [0.25, 0.3) is 5.91 Å². The smallest absolute Gasteiger partial charge is 0.257 e. The Morgan fingerprint density at radius 1 is 1.38 bits per heavy atom. The molecule has 0 aliphatic carbocycles. The highest BCUT2D eigenvalue weighted by atomic mass is 32.2. The SMILES string of the molecule is CNC(=O)/C(=C/c1ccc(O)cc1)SC=O. The quantitative estimate of drug-likeness (QED) is 0.613. The molecule has 0 heterocycles. The zero-order valence-electron chi connectivity index (χ0n) is 8.64. The number of hydrogen-bond acceptors (Lipinski definition) is 4. The number of aromatic hydroxyl groups is 1. The van der Waals surface area contributed by atoms with Crippen molar-refractivity contribution in [1.29, 1.82) is 0 Å². The van der Waals surface area contributed by atoms with Crippen LogP contribution >= 0.6 is 11.8 Å². The van der Waals surface area contributed by atoms with Crippen molar-refractivity contribution < 1.29 is 14.7 Å². The molecule has 0 saturated heterocycles. The molecule has 0 bridgehead atoms. The summed E-state index contributed by atoms with van der Waals surface area (Å²) in [5, 5.41) is 11.5. The molecule has 0 unspecified atom stereocenters. The third-order valence-corrected chi connectivity index (χ3v) is 2.47. The first-order chi connectivity index (χ1) is 7.67. The Kier molecular flexibility index (Phi) is 4.60. The van der Waals surface area contributed by atoms with Crippen LogP contribution in [0.3, 0.4) is 0 Å². The van der Waals surface area contributed by atoms with Crippen LogP contribution in [-0.4, -0.2) is 23.7 Å². The topological polar surface area (TPSA) is 66.4 Å². The molecule has 0 saturated carbocycles. The molecule has 1 amide bonds. The number of phenols is 1. The standard InChI is InChI=1S/C11H11NO3S/c1-12-11(15)10(16-7-13)6-8-2-4-9(14)5-3-8/h2-7,14H,1H3,(H,12,15)/b10-6-. The normalized spacial score (nSPS) is 10.9. The van der Waals surface area contributed by atoms with Crippen LogP contribution in [0.25, 0.3) is 6.08 Å². The third kappa shape index (κ3) is 3.43. The third-order valence-electron chi connectivity index (χ3n) is 1.82. The number of nitrogens with one attached hydrogen (secondary N) is 1. The van der Waals surface area contributed by atoms with Crippen LogP contribution in [0.5, 0.6) is 5.75 Å². The maximum absolute atomic E-state index is 11.4. The van der Waals surface area contributed by atoms with Crippen molar-refractivity contribution >= 4 is 29.4 Å². The van der Waals surface area contributed by atoms with E-state index in [0.29, 0.717) is 10.5 Å². The van der Waals surface area contributed by atoms with Gasteiger partial charge in [-0.3, -0.25) is 9.59 Å². The van der Waals surface area contributed by atoms with E-state index in [2.05, 4.69) is 5.32 Å². The van der Waals surface area contributed by atoms with Crippen molar-refractivity contribution in [3.8, 4) is 5.75 Å². The second-order valence-corrected chi connectivity index (χ2v) is 3.76. The molecule has 1 aromatic rings. The van der Waals surface area contributed by atoms with Gasteiger partial charge in [0.05, 0.1) is 4.91 Å². The first-order valence-electron chi connectivity index (χ1n) is 4.50. The van der Waals surface area contributed by atoms with Gasteiger partial charge in [0.2, 0.25) is 0 Å². The van der Waals surface area contributed by atoms with Crippen molar-refractivity contribution in [3.63, 3.8) is 0 Å². The molecular weight excluding hydrogens is 226 g/mol. The van der Waals surface area contributed by atoms with E-state index in [1.807, 2.05) is 0 Å². The molecule has 1 rings (SSSR count). The van der Waals surface area contributed by atoms with Crippen LogP contribution in [0.4, 0.5) is 0 Å². The fourth-order valence-corrected chi connectivity index (χ4v) is 1.57. The van der Waals surface area contributed by atoms with Crippen LogP contribution in [0.15, 0.2) is 29.2 Å².